The molecule has 0 atom stereocenters. The molecule has 0 amide bonds. The van der Waals surface area contributed by atoms with Crippen molar-refractivity contribution in [2.24, 2.45) is 5.92 Å². The van der Waals surface area contributed by atoms with Gasteiger partial charge in [0.15, 0.2) is 0 Å². The Morgan fingerprint density at radius 1 is 1.33 bits per heavy atom. The number of benzene rings is 1. The van der Waals surface area contributed by atoms with Gasteiger partial charge < -0.3 is 16.0 Å². The number of nitrogens with one attached hydrogen (secondary N) is 1. The first kappa shape index (κ1) is 13.2. The van der Waals surface area contributed by atoms with Crippen LogP contribution in [0, 0.1) is 12.8 Å². The molecule has 0 aromatic heterocycles. The summed E-state index contributed by atoms with van der Waals surface area (Å²) < 4.78 is 0. The summed E-state index contributed by atoms with van der Waals surface area (Å²) in [6.07, 6.45) is 2.68. The smallest absolute Gasteiger partial charge is 0.0577 e. The Morgan fingerprint density at radius 2 is 2.06 bits per heavy atom. The number of nitrogens with zero attached hydrogens (tertiary/aromatic N) is 1. The van der Waals surface area contributed by atoms with Crippen LogP contribution in [0.15, 0.2) is 18.2 Å². The van der Waals surface area contributed by atoms with Crippen LogP contribution < -0.4 is 11.1 Å². The van der Waals surface area contributed by atoms with Crippen LogP contribution in [0.25, 0.3) is 0 Å². The van der Waals surface area contributed by atoms with Crippen molar-refractivity contribution < 1.29 is 0 Å². The number of nitrogen functional groups attached to an aromatic ring is 1. The Bertz CT molecular complexity index is 381. The molecule has 0 spiro atoms. The quantitative estimate of drug-likeness (QED) is 0.804. The molecule has 3 N–H and O–H groups in total. The summed E-state index contributed by atoms with van der Waals surface area (Å²) >= 11 is 0. The minimum absolute atomic E-state index is 0.841. The number of anilines is 2. The second kappa shape index (κ2) is 6.10. The average molecular weight is 247 g/mol. The van der Waals surface area contributed by atoms with Gasteiger partial charge in [-0.25, -0.2) is 0 Å². The van der Waals surface area contributed by atoms with E-state index in [-0.39, 0.29) is 0 Å². The van der Waals surface area contributed by atoms with Gasteiger partial charge in [-0.1, -0.05) is 13.0 Å². The summed E-state index contributed by atoms with van der Waals surface area (Å²) in [4.78, 5) is 2.54. The molecule has 0 saturated carbocycles. The van der Waals surface area contributed by atoms with Crippen molar-refractivity contribution in [3.8, 4) is 0 Å². The molecule has 3 heteroatoms. The van der Waals surface area contributed by atoms with Crippen LogP contribution in [0.4, 0.5) is 11.4 Å². The highest BCUT2D eigenvalue weighted by Gasteiger charge is 2.14. The van der Waals surface area contributed by atoms with Crippen LogP contribution in [-0.4, -0.2) is 31.1 Å². The zero-order valence-corrected chi connectivity index (χ0v) is 11.6. The molecule has 1 saturated heterocycles. The second-order valence-electron chi connectivity index (χ2n) is 5.54. The number of likely N-dealkylation sites (tertiary alicyclic amines) is 1. The van der Waals surface area contributed by atoms with Crippen molar-refractivity contribution in [1.82, 2.24) is 4.90 Å². The summed E-state index contributed by atoms with van der Waals surface area (Å²) in [5.74, 6) is 0.904. The predicted molar refractivity (Wildman–Crippen MR) is 78.9 cm³/mol. The van der Waals surface area contributed by atoms with Crippen LogP contribution >= 0.6 is 0 Å². The summed E-state index contributed by atoms with van der Waals surface area (Å²) in [6, 6.07) is 6.14. The lowest BCUT2D eigenvalue weighted by Crippen LogP contribution is -2.36. The van der Waals surface area contributed by atoms with Crippen LogP contribution in [0.5, 0.6) is 0 Å². The lowest BCUT2D eigenvalue weighted by Gasteiger charge is -2.30. The first-order valence-electron chi connectivity index (χ1n) is 6.97. The Balaban J connectivity index is 1.76. The number of hydrogen-bond acceptors (Lipinski definition) is 3. The van der Waals surface area contributed by atoms with Crippen LogP contribution in [0.3, 0.4) is 0 Å². The largest absolute Gasteiger partial charge is 0.397 e. The van der Waals surface area contributed by atoms with Crippen molar-refractivity contribution >= 4 is 11.4 Å². The van der Waals surface area contributed by atoms with Crippen LogP contribution in [0.1, 0.15) is 25.3 Å². The highest BCUT2D eigenvalue weighted by molar-refractivity contribution is 5.66. The van der Waals surface area contributed by atoms with Crippen molar-refractivity contribution in [1.29, 1.82) is 0 Å². The van der Waals surface area contributed by atoms with Crippen molar-refractivity contribution in [2.75, 3.05) is 37.2 Å². The fraction of sp³-hybridized carbons (Fsp3) is 0.600. The fourth-order valence-corrected chi connectivity index (χ4v) is 2.46. The molecule has 100 valence electrons. The standard InChI is InChI=1S/C15H25N3/c1-12-5-8-18(9-6-12)10-7-17-15-11-13(2)3-4-14(15)16/h3-4,11-12,17H,5-10,16H2,1-2H3. The molecule has 1 aromatic carbocycles. The summed E-state index contributed by atoms with van der Waals surface area (Å²) in [6.45, 7) is 9.01. The monoisotopic (exact) mass is 247 g/mol. The molecule has 0 bridgehead atoms. The lowest BCUT2D eigenvalue weighted by molar-refractivity contribution is 0.199. The summed E-state index contributed by atoms with van der Waals surface area (Å²) in [5.41, 5.74) is 9.11. The van der Waals surface area contributed by atoms with E-state index in [4.69, 9.17) is 5.73 Å². The van der Waals surface area contributed by atoms with Gasteiger partial charge in [-0.3, -0.25) is 0 Å². The molecular formula is C15H25N3. The summed E-state index contributed by atoms with van der Waals surface area (Å²) in [5, 5.41) is 3.45. The van der Waals surface area contributed by atoms with E-state index in [2.05, 4.69) is 30.1 Å². The van der Waals surface area contributed by atoms with Gasteiger partial charge in [0.25, 0.3) is 0 Å². The maximum atomic E-state index is 5.95. The number of piperidine rings is 1. The van der Waals surface area contributed by atoms with E-state index in [0.717, 1.165) is 30.4 Å². The van der Waals surface area contributed by atoms with Crippen LogP contribution in [0.2, 0.25) is 0 Å². The van der Waals surface area contributed by atoms with Gasteiger partial charge in [-0.2, -0.15) is 0 Å². The highest BCUT2D eigenvalue weighted by atomic mass is 15.1. The third kappa shape index (κ3) is 3.64. The summed E-state index contributed by atoms with van der Waals surface area (Å²) in [7, 11) is 0. The van der Waals surface area contributed by atoms with E-state index in [1.807, 2.05) is 12.1 Å². The molecule has 2 rings (SSSR count). The molecule has 1 fully saturated rings. The zero-order valence-electron chi connectivity index (χ0n) is 11.6. The van der Waals surface area contributed by atoms with E-state index in [1.54, 1.807) is 0 Å². The van der Waals surface area contributed by atoms with Gasteiger partial charge in [-0.15, -0.1) is 0 Å². The SMILES string of the molecule is Cc1ccc(N)c(NCCN2CCC(C)CC2)c1. The van der Waals surface area contributed by atoms with Gasteiger partial charge in [0, 0.05) is 13.1 Å². The number of rotatable bonds is 4. The van der Waals surface area contributed by atoms with Gasteiger partial charge in [-0.05, 0) is 56.5 Å². The van der Waals surface area contributed by atoms with E-state index in [9.17, 15) is 0 Å². The molecule has 0 unspecified atom stereocenters. The molecule has 0 radical (unpaired) electrons. The Labute approximate surface area is 110 Å². The van der Waals surface area contributed by atoms with E-state index < -0.39 is 0 Å². The molecule has 1 heterocycles. The predicted octanol–water partition coefficient (Wildman–Crippen LogP) is 2.72. The van der Waals surface area contributed by atoms with Crippen molar-refractivity contribution in [2.45, 2.75) is 26.7 Å². The molecular weight excluding hydrogens is 222 g/mol. The van der Waals surface area contributed by atoms with Crippen LogP contribution in [-0.2, 0) is 0 Å². The van der Waals surface area contributed by atoms with Crippen molar-refractivity contribution in [3.63, 3.8) is 0 Å². The fourth-order valence-electron chi connectivity index (χ4n) is 2.46. The van der Waals surface area contributed by atoms with E-state index in [0.29, 0.717) is 0 Å². The normalized spacial score (nSPS) is 17.9. The number of aryl methyl sites for hydroxylation is 1. The zero-order chi connectivity index (χ0) is 13.0. The van der Waals surface area contributed by atoms with Gasteiger partial charge >= 0.3 is 0 Å². The number of nitrogens with two attached hydrogens (primary N) is 1. The highest BCUT2D eigenvalue weighted by Crippen LogP contribution is 2.19. The molecule has 18 heavy (non-hydrogen) atoms. The van der Waals surface area contributed by atoms with Gasteiger partial charge in [0.05, 0.1) is 11.4 Å². The average Bonchev–Trinajstić information content (AvgIpc) is 2.36. The molecule has 0 aliphatic carbocycles. The maximum Gasteiger partial charge on any atom is 0.0577 e. The Kier molecular flexibility index (Phi) is 4.48. The number of hydrogen-bond donors (Lipinski definition) is 2. The minimum atomic E-state index is 0.841. The third-order valence-corrected chi connectivity index (χ3v) is 3.83. The van der Waals surface area contributed by atoms with E-state index in [1.165, 1.54) is 31.5 Å². The molecule has 1 aliphatic rings. The lowest BCUT2D eigenvalue weighted by atomic mass is 9.99. The second-order valence-corrected chi connectivity index (χ2v) is 5.54. The maximum absolute atomic E-state index is 5.95. The molecule has 1 aliphatic heterocycles. The topological polar surface area (TPSA) is 41.3 Å². The van der Waals surface area contributed by atoms with Gasteiger partial charge in [0.2, 0.25) is 0 Å². The Hall–Kier alpha value is -1.22. The third-order valence-electron chi connectivity index (χ3n) is 3.83. The molecule has 3 nitrogen and oxygen atoms in total. The Morgan fingerprint density at radius 3 is 2.78 bits per heavy atom. The van der Waals surface area contributed by atoms with E-state index >= 15 is 0 Å². The first-order chi connectivity index (χ1) is 8.65. The van der Waals surface area contributed by atoms with Gasteiger partial charge in [0.1, 0.15) is 0 Å². The molecule has 1 aromatic rings. The first-order valence-corrected chi connectivity index (χ1v) is 6.97. The van der Waals surface area contributed by atoms with Crippen molar-refractivity contribution in [3.05, 3.63) is 23.8 Å². The minimum Gasteiger partial charge on any atom is -0.397 e.